The van der Waals surface area contributed by atoms with E-state index in [9.17, 15) is 4.79 Å². The second kappa shape index (κ2) is 10.4. The van der Waals surface area contributed by atoms with E-state index in [1.165, 1.54) is 17.4 Å². The summed E-state index contributed by atoms with van der Waals surface area (Å²) < 4.78 is 16.2. The normalized spacial score (nSPS) is 10.8. The number of nitrogens with one attached hydrogen (secondary N) is 1. The zero-order valence-electron chi connectivity index (χ0n) is 16.1. The molecular formula is C21H21N3O4S. The lowest BCUT2D eigenvalue weighted by Crippen LogP contribution is -2.07. The van der Waals surface area contributed by atoms with Crippen molar-refractivity contribution in [1.82, 2.24) is 10.2 Å². The first-order chi connectivity index (χ1) is 14.2. The lowest BCUT2D eigenvalue weighted by atomic mass is 10.2. The Bertz CT molecular complexity index is 973. The number of hydrogen-bond acceptors (Lipinski definition) is 7. The topological polar surface area (TPSA) is 82.6 Å². The fourth-order valence-electron chi connectivity index (χ4n) is 2.45. The third-order valence-corrected chi connectivity index (χ3v) is 4.63. The number of rotatable bonds is 9. The summed E-state index contributed by atoms with van der Waals surface area (Å²) >= 11 is 1.27. The van der Waals surface area contributed by atoms with Crippen LogP contribution in [0.1, 0.15) is 16.1 Å². The molecule has 8 heteroatoms. The maximum Gasteiger partial charge on any atom is 0.250 e. The number of carbonyl (C=O) groups is 1. The van der Waals surface area contributed by atoms with Crippen LogP contribution in [0.15, 0.2) is 54.6 Å². The maximum atomic E-state index is 12.1. The first kappa shape index (κ1) is 20.5. The molecule has 1 heterocycles. The molecule has 1 N–H and O–H groups in total. The van der Waals surface area contributed by atoms with E-state index in [4.69, 9.17) is 14.2 Å². The van der Waals surface area contributed by atoms with E-state index in [1.54, 1.807) is 20.3 Å². The van der Waals surface area contributed by atoms with Gasteiger partial charge in [0.1, 0.15) is 18.2 Å². The molecule has 0 saturated carbocycles. The molecule has 0 radical (unpaired) electrons. The van der Waals surface area contributed by atoms with E-state index in [1.807, 2.05) is 48.5 Å². The third kappa shape index (κ3) is 6.13. The van der Waals surface area contributed by atoms with Crippen molar-refractivity contribution in [2.45, 2.75) is 13.2 Å². The minimum Gasteiger partial charge on any atom is -0.493 e. The van der Waals surface area contributed by atoms with Crippen molar-refractivity contribution in [3.8, 4) is 11.5 Å². The van der Waals surface area contributed by atoms with Gasteiger partial charge in [-0.1, -0.05) is 47.7 Å². The number of hydrogen-bond donors (Lipinski definition) is 1. The van der Waals surface area contributed by atoms with Gasteiger partial charge in [0.2, 0.25) is 11.0 Å². The quantitative estimate of drug-likeness (QED) is 0.538. The lowest BCUT2D eigenvalue weighted by Gasteiger charge is -2.11. The van der Waals surface area contributed by atoms with Gasteiger partial charge in [0, 0.05) is 13.2 Å². The minimum atomic E-state index is -0.298. The zero-order valence-corrected chi connectivity index (χ0v) is 16.9. The van der Waals surface area contributed by atoms with Gasteiger partial charge in [-0.05, 0) is 29.3 Å². The molecule has 7 nitrogen and oxygen atoms in total. The van der Waals surface area contributed by atoms with Crippen LogP contribution in [0.25, 0.3) is 6.08 Å². The Morgan fingerprint density at radius 3 is 2.66 bits per heavy atom. The molecule has 0 atom stereocenters. The van der Waals surface area contributed by atoms with Gasteiger partial charge in [-0.3, -0.25) is 10.1 Å². The Morgan fingerprint density at radius 1 is 1.07 bits per heavy atom. The number of carbonyl (C=O) groups excluding carboxylic acids is 1. The van der Waals surface area contributed by atoms with Crippen molar-refractivity contribution in [3.63, 3.8) is 0 Å². The summed E-state index contributed by atoms with van der Waals surface area (Å²) in [6.07, 6.45) is 3.12. The average Bonchev–Trinajstić information content (AvgIpc) is 3.18. The van der Waals surface area contributed by atoms with Crippen molar-refractivity contribution in [3.05, 3.63) is 70.7 Å². The van der Waals surface area contributed by atoms with Crippen LogP contribution in [0, 0.1) is 0 Å². The molecule has 3 rings (SSSR count). The largest absolute Gasteiger partial charge is 0.493 e. The van der Waals surface area contributed by atoms with Crippen LogP contribution in [-0.4, -0.2) is 30.3 Å². The summed E-state index contributed by atoms with van der Waals surface area (Å²) in [5.74, 6) is 0.933. The predicted octanol–water partition coefficient (Wildman–Crippen LogP) is 3.92. The molecule has 2 aromatic carbocycles. The van der Waals surface area contributed by atoms with Crippen LogP contribution in [-0.2, 0) is 22.7 Å². The maximum absolute atomic E-state index is 12.1. The highest BCUT2D eigenvalue weighted by Crippen LogP contribution is 2.29. The van der Waals surface area contributed by atoms with E-state index in [0.29, 0.717) is 34.9 Å². The van der Waals surface area contributed by atoms with Gasteiger partial charge in [-0.15, -0.1) is 10.2 Å². The molecule has 150 valence electrons. The molecule has 0 bridgehead atoms. The molecule has 3 aromatic rings. The summed E-state index contributed by atoms with van der Waals surface area (Å²) in [4.78, 5) is 12.1. The van der Waals surface area contributed by atoms with E-state index < -0.39 is 0 Å². The van der Waals surface area contributed by atoms with Crippen molar-refractivity contribution in [2.75, 3.05) is 19.5 Å². The zero-order chi connectivity index (χ0) is 20.5. The summed E-state index contributed by atoms with van der Waals surface area (Å²) in [6.45, 7) is 0.809. The Balaban J connectivity index is 1.60. The number of nitrogens with zero attached hydrogens (tertiary/aromatic N) is 2. The number of benzene rings is 2. The molecule has 0 unspecified atom stereocenters. The number of methoxy groups -OCH3 is 2. The van der Waals surface area contributed by atoms with E-state index >= 15 is 0 Å². The van der Waals surface area contributed by atoms with Gasteiger partial charge in [-0.25, -0.2) is 0 Å². The minimum absolute atomic E-state index is 0.298. The lowest BCUT2D eigenvalue weighted by molar-refractivity contribution is -0.111. The first-order valence-electron chi connectivity index (χ1n) is 8.83. The van der Waals surface area contributed by atoms with Crippen LogP contribution in [0.4, 0.5) is 5.13 Å². The molecule has 0 aliphatic rings. The molecule has 0 saturated heterocycles. The van der Waals surface area contributed by atoms with Crippen molar-refractivity contribution in [1.29, 1.82) is 0 Å². The summed E-state index contributed by atoms with van der Waals surface area (Å²) in [7, 11) is 3.16. The third-order valence-electron chi connectivity index (χ3n) is 3.82. The second-order valence-electron chi connectivity index (χ2n) is 5.94. The number of amides is 1. The highest BCUT2D eigenvalue weighted by molar-refractivity contribution is 7.15. The average molecular weight is 411 g/mol. The van der Waals surface area contributed by atoms with Crippen LogP contribution < -0.4 is 14.8 Å². The fourth-order valence-corrected chi connectivity index (χ4v) is 3.16. The van der Waals surface area contributed by atoms with Gasteiger partial charge in [0.25, 0.3) is 0 Å². The van der Waals surface area contributed by atoms with E-state index in [-0.39, 0.29) is 5.91 Å². The Kier molecular flexibility index (Phi) is 7.32. The Labute approximate surface area is 173 Å². The second-order valence-corrected chi connectivity index (χ2v) is 7.00. The van der Waals surface area contributed by atoms with Crippen LogP contribution in [0.2, 0.25) is 0 Å². The summed E-state index contributed by atoms with van der Waals surface area (Å²) in [5.41, 5.74) is 1.88. The Hall–Kier alpha value is -3.23. The van der Waals surface area contributed by atoms with Gasteiger partial charge >= 0.3 is 0 Å². The first-order valence-corrected chi connectivity index (χ1v) is 9.64. The summed E-state index contributed by atoms with van der Waals surface area (Å²) in [6, 6.07) is 15.4. The molecule has 0 aliphatic heterocycles. The van der Waals surface area contributed by atoms with E-state index in [0.717, 1.165) is 11.1 Å². The standard InChI is InChI=1S/C21H21N3O4S/c1-26-14-20-23-24-21(29-20)22-19(25)11-9-15-8-10-17(18(12-15)27-2)28-13-16-6-4-3-5-7-16/h3-12H,13-14H2,1-2H3,(H,22,24,25)/b11-9+. The van der Waals surface area contributed by atoms with Gasteiger partial charge in [-0.2, -0.15) is 0 Å². The van der Waals surface area contributed by atoms with Gasteiger partial charge in [0.15, 0.2) is 11.5 Å². The monoisotopic (exact) mass is 411 g/mol. The molecule has 1 amide bonds. The van der Waals surface area contributed by atoms with Crippen molar-refractivity contribution in [2.24, 2.45) is 0 Å². The summed E-state index contributed by atoms with van der Waals surface area (Å²) in [5, 5.41) is 11.6. The molecule has 29 heavy (non-hydrogen) atoms. The van der Waals surface area contributed by atoms with Crippen LogP contribution in [0.5, 0.6) is 11.5 Å². The fraction of sp³-hybridized carbons (Fsp3) is 0.190. The SMILES string of the molecule is COCc1nnc(NC(=O)/C=C/c2ccc(OCc3ccccc3)c(OC)c2)s1. The van der Waals surface area contributed by atoms with Crippen molar-refractivity contribution < 1.29 is 19.0 Å². The molecule has 0 fully saturated rings. The molecular weight excluding hydrogens is 390 g/mol. The van der Waals surface area contributed by atoms with Crippen molar-refractivity contribution >= 4 is 28.5 Å². The Morgan fingerprint density at radius 2 is 1.90 bits per heavy atom. The number of anilines is 1. The van der Waals surface area contributed by atoms with Gasteiger partial charge in [0.05, 0.1) is 7.11 Å². The van der Waals surface area contributed by atoms with Gasteiger partial charge < -0.3 is 14.2 Å². The molecule has 0 spiro atoms. The molecule has 1 aromatic heterocycles. The predicted molar refractivity (Wildman–Crippen MR) is 112 cm³/mol. The smallest absolute Gasteiger partial charge is 0.250 e. The number of aromatic nitrogens is 2. The molecule has 0 aliphatic carbocycles. The van der Waals surface area contributed by atoms with E-state index in [2.05, 4.69) is 15.5 Å². The van der Waals surface area contributed by atoms with Crippen LogP contribution >= 0.6 is 11.3 Å². The number of ether oxygens (including phenoxy) is 3. The van der Waals surface area contributed by atoms with Crippen LogP contribution in [0.3, 0.4) is 0 Å². The highest BCUT2D eigenvalue weighted by Gasteiger charge is 2.07. The highest BCUT2D eigenvalue weighted by atomic mass is 32.1.